The van der Waals surface area contributed by atoms with Gasteiger partial charge in [-0.25, -0.2) is 22.2 Å². The van der Waals surface area contributed by atoms with Crippen molar-refractivity contribution in [2.45, 2.75) is 63.0 Å². The molecule has 1 aromatic carbocycles. The van der Waals surface area contributed by atoms with Gasteiger partial charge in [0, 0.05) is 50.8 Å². The Hall–Kier alpha value is -2.84. The quantitative estimate of drug-likeness (QED) is 0.392. The van der Waals surface area contributed by atoms with Crippen molar-refractivity contribution in [2.75, 3.05) is 52.6 Å². The normalized spacial score (nSPS) is 19.7. The molecule has 2 saturated heterocycles. The highest BCUT2D eigenvalue weighted by molar-refractivity contribution is 7.93. The summed E-state index contributed by atoms with van der Waals surface area (Å²) in [6.07, 6.45) is -0.559. The summed E-state index contributed by atoms with van der Waals surface area (Å²) in [5.74, 6) is -2.58. The molecule has 4 rings (SSSR count). The minimum Gasteiger partial charge on any atom is -0.395 e. The van der Waals surface area contributed by atoms with Gasteiger partial charge in [-0.2, -0.15) is 4.98 Å². The summed E-state index contributed by atoms with van der Waals surface area (Å²) in [4.78, 5) is 26.2. The van der Waals surface area contributed by atoms with Gasteiger partial charge in [-0.15, -0.1) is 0 Å². The van der Waals surface area contributed by atoms with Gasteiger partial charge in [0.2, 0.25) is 16.0 Å². The van der Waals surface area contributed by atoms with Gasteiger partial charge in [-0.05, 0) is 44.1 Å². The maximum absolute atomic E-state index is 13.6. The van der Waals surface area contributed by atoms with Crippen molar-refractivity contribution in [3.63, 3.8) is 0 Å². The zero-order valence-electron chi connectivity index (χ0n) is 23.4. The molecule has 2 aliphatic heterocycles. The lowest BCUT2D eigenvalue weighted by Gasteiger charge is -2.38. The number of aromatic nitrogens is 2. The van der Waals surface area contributed by atoms with Crippen LogP contribution in [-0.2, 0) is 10.0 Å². The number of carbonyl (C=O) groups is 1. The molecule has 220 valence electrons. The maximum atomic E-state index is 13.6. The molecule has 3 heterocycles. The molecule has 1 amide bonds. The predicted molar refractivity (Wildman–Crippen MR) is 156 cm³/mol. The van der Waals surface area contributed by atoms with Crippen LogP contribution in [-0.4, -0.2) is 81.4 Å². The highest BCUT2D eigenvalue weighted by Gasteiger charge is 2.35. The largest absolute Gasteiger partial charge is 0.395 e. The second-order valence-corrected chi connectivity index (χ2v) is 18.9. The molecule has 14 heteroatoms. The fraction of sp³-hybridized carbons (Fsp3) is 0.577. The van der Waals surface area contributed by atoms with Crippen molar-refractivity contribution in [3.05, 3.63) is 35.5 Å². The number of alkyl halides is 2. The number of amides is 1. The minimum atomic E-state index is -3.82. The van der Waals surface area contributed by atoms with Gasteiger partial charge in [0.05, 0.1) is 31.6 Å². The van der Waals surface area contributed by atoms with Crippen LogP contribution in [0.15, 0.2) is 24.3 Å². The first-order valence-electron chi connectivity index (χ1n) is 13.5. The molecule has 1 atom stereocenters. The van der Waals surface area contributed by atoms with Crippen molar-refractivity contribution in [1.82, 2.24) is 9.97 Å². The number of halogens is 2. The van der Waals surface area contributed by atoms with E-state index >= 15 is 0 Å². The van der Waals surface area contributed by atoms with Crippen LogP contribution >= 0.6 is 0 Å². The van der Waals surface area contributed by atoms with E-state index in [0.29, 0.717) is 22.6 Å². The van der Waals surface area contributed by atoms with Gasteiger partial charge in [-0.1, -0.05) is 13.1 Å². The number of hydrogen-bond acceptors (Lipinski definition) is 8. The second kappa shape index (κ2) is 11.6. The predicted octanol–water partition coefficient (Wildman–Crippen LogP) is 3.92. The van der Waals surface area contributed by atoms with Crippen LogP contribution in [0.4, 0.5) is 31.9 Å². The van der Waals surface area contributed by atoms with Gasteiger partial charge in [0.1, 0.15) is 11.1 Å². The Kier molecular flexibility index (Phi) is 8.71. The number of rotatable bonds is 8. The van der Waals surface area contributed by atoms with E-state index in [1.54, 1.807) is 30.0 Å². The Morgan fingerprint density at radius 1 is 1.10 bits per heavy atom. The number of anilines is 4. The van der Waals surface area contributed by atoms with Gasteiger partial charge in [0.15, 0.2) is 0 Å². The lowest BCUT2D eigenvalue weighted by atomic mass is 10.1. The van der Waals surface area contributed by atoms with E-state index in [-0.39, 0.29) is 37.7 Å². The average Bonchev–Trinajstić information content (AvgIpc) is 2.87. The molecule has 10 nitrogen and oxygen atoms in total. The molecule has 2 aromatic rings. The molecule has 2 fully saturated rings. The zero-order valence-corrected chi connectivity index (χ0v) is 25.2. The lowest BCUT2D eigenvalue weighted by molar-refractivity contribution is -0.0222. The van der Waals surface area contributed by atoms with Gasteiger partial charge >= 0.3 is 0 Å². The summed E-state index contributed by atoms with van der Waals surface area (Å²) in [6.45, 7) is 9.04. The molecule has 1 aromatic heterocycles. The molecular weight excluding hydrogens is 558 g/mol. The van der Waals surface area contributed by atoms with Crippen LogP contribution in [0.25, 0.3) is 0 Å². The van der Waals surface area contributed by atoms with E-state index in [1.165, 1.54) is 13.0 Å². The Bertz CT molecular complexity index is 1340. The molecule has 40 heavy (non-hydrogen) atoms. The Labute approximate surface area is 235 Å². The second-order valence-electron chi connectivity index (χ2n) is 11.5. The first-order valence-corrected chi connectivity index (χ1v) is 18.5. The molecular formula is C26H38F2N6O4SSi. The van der Waals surface area contributed by atoms with Crippen LogP contribution in [0, 0.1) is 6.92 Å². The third-order valence-corrected chi connectivity index (χ3v) is 12.5. The Morgan fingerprint density at radius 2 is 1.75 bits per heavy atom. The summed E-state index contributed by atoms with van der Waals surface area (Å²) >= 11 is 0. The van der Waals surface area contributed by atoms with E-state index in [0.717, 1.165) is 25.2 Å². The molecule has 3 N–H and O–H groups in total. The minimum absolute atomic E-state index is 0.120. The van der Waals surface area contributed by atoms with Crippen LogP contribution in [0.1, 0.15) is 35.8 Å². The highest BCUT2D eigenvalue weighted by atomic mass is 32.2. The number of piperidine rings is 1. The Balaban J connectivity index is 1.61. The standard InChI is InChI=1S/C26H38F2N6O4SSi/c1-18-15-23(31-25(29-18)34-9-7-26(27,28)8-10-34)30-24(36)21-6-5-20(32-39(37,38)19(2)17-35)16-22(21)33-11-13-40(3,4)14-12-33/h5-6,15-16,19,32,35H,7-14,17H2,1-4H3,(H,29,30,31,36). The van der Waals surface area contributed by atoms with E-state index in [2.05, 4.69) is 38.0 Å². The number of aliphatic hydroxyl groups excluding tert-OH is 1. The van der Waals surface area contributed by atoms with Crippen LogP contribution < -0.4 is 19.8 Å². The Morgan fingerprint density at radius 3 is 2.38 bits per heavy atom. The number of hydrogen-bond donors (Lipinski definition) is 3. The first kappa shape index (κ1) is 30.1. The maximum Gasteiger partial charge on any atom is 0.258 e. The molecule has 0 aliphatic carbocycles. The van der Waals surface area contributed by atoms with Gasteiger partial charge in [-0.3, -0.25) is 9.52 Å². The summed E-state index contributed by atoms with van der Waals surface area (Å²) in [7, 11) is -5.15. The summed E-state index contributed by atoms with van der Waals surface area (Å²) < 4.78 is 55.0. The molecule has 2 aliphatic rings. The van der Waals surface area contributed by atoms with E-state index in [1.807, 2.05) is 0 Å². The fourth-order valence-corrected chi connectivity index (χ4v) is 7.59. The first-order chi connectivity index (χ1) is 18.7. The van der Waals surface area contributed by atoms with Crippen molar-refractivity contribution < 1.29 is 27.1 Å². The molecule has 0 spiro atoms. The van der Waals surface area contributed by atoms with Crippen LogP contribution in [0.3, 0.4) is 0 Å². The SMILES string of the molecule is Cc1cc(NC(=O)c2ccc(NS(=O)(=O)C(C)CO)cc2N2CC[Si](C)(C)CC2)nc(N2CCC(F)(F)CC2)n1. The third kappa shape index (κ3) is 7.26. The van der Waals surface area contributed by atoms with E-state index < -0.39 is 41.8 Å². The van der Waals surface area contributed by atoms with Crippen molar-refractivity contribution in [1.29, 1.82) is 0 Å². The summed E-state index contributed by atoms with van der Waals surface area (Å²) in [5, 5.41) is 11.2. The average molecular weight is 597 g/mol. The van der Waals surface area contributed by atoms with Crippen molar-refractivity contribution in [2.24, 2.45) is 0 Å². The molecule has 1 unspecified atom stereocenters. The number of benzene rings is 1. The van der Waals surface area contributed by atoms with Crippen molar-refractivity contribution >= 4 is 47.1 Å². The van der Waals surface area contributed by atoms with Crippen molar-refractivity contribution in [3.8, 4) is 0 Å². The van der Waals surface area contributed by atoms with Gasteiger partial charge in [0.25, 0.3) is 11.8 Å². The monoisotopic (exact) mass is 596 g/mol. The number of aryl methyl sites for hydroxylation is 1. The lowest BCUT2D eigenvalue weighted by Crippen LogP contribution is -2.43. The molecule has 0 radical (unpaired) electrons. The van der Waals surface area contributed by atoms with Gasteiger partial charge < -0.3 is 20.2 Å². The number of sulfonamides is 1. The zero-order chi connectivity index (χ0) is 29.3. The summed E-state index contributed by atoms with van der Waals surface area (Å²) in [6, 6.07) is 8.44. The summed E-state index contributed by atoms with van der Waals surface area (Å²) in [5.41, 5.74) is 1.85. The van der Waals surface area contributed by atoms with Crippen LogP contribution in [0.2, 0.25) is 25.2 Å². The number of nitrogens with zero attached hydrogens (tertiary/aromatic N) is 4. The number of aliphatic hydroxyl groups is 1. The molecule has 0 saturated carbocycles. The number of nitrogens with one attached hydrogen (secondary N) is 2. The topological polar surface area (TPSA) is 128 Å². The smallest absolute Gasteiger partial charge is 0.258 e. The fourth-order valence-electron chi connectivity index (χ4n) is 4.74. The molecule has 0 bridgehead atoms. The highest BCUT2D eigenvalue weighted by Crippen LogP contribution is 2.33. The third-order valence-electron chi connectivity index (χ3n) is 7.61. The van der Waals surface area contributed by atoms with E-state index in [9.17, 15) is 27.1 Å². The number of carbonyl (C=O) groups excluding carboxylic acids is 1. The van der Waals surface area contributed by atoms with Crippen LogP contribution in [0.5, 0.6) is 0 Å². The van der Waals surface area contributed by atoms with E-state index in [4.69, 9.17) is 0 Å².